The van der Waals surface area contributed by atoms with Gasteiger partial charge in [0.15, 0.2) is 11.5 Å². The standard InChI is InChI=1S/C15H18ClNO2S/c1-2-18-13-5-3-4-6-14(13)19-10-9-17-11-12-7-8-15(16)20-12/h3-8,17H,2,9-11H2,1H3. The van der Waals surface area contributed by atoms with E-state index in [1.165, 1.54) is 4.88 Å². The minimum Gasteiger partial charge on any atom is -0.490 e. The summed E-state index contributed by atoms with van der Waals surface area (Å²) in [5.74, 6) is 1.58. The molecule has 2 rings (SSSR count). The van der Waals surface area contributed by atoms with Gasteiger partial charge in [0.05, 0.1) is 10.9 Å². The molecule has 108 valence electrons. The number of ether oxygens (including phenoxy) is 2. The summed E-state index contributed by atoms with van der Waals surface area (Å²) in [6, 6.07) is 11.7. The van der Waals surface area contributed by atoms with E-state index in [0.29, 0.717) is 13.2 Å². The Morgan fingerprint density at radius 3 is 2.50 bits per heavy atom. The van der Waals surface area contributed by atoms with E-state index in [2.05, 4.69) is 5.32 Å². The van der Waals surface area contributed by atoms with E-state index < -0.39 is 0 Å². The largest absolute Gasteiger partial charge is 0.490 e. The van der Waals surface area contributed by atoms with Crippen LogP contribution in [0, 0.1) is 0 Å². The van der Waals surface area contributed by atoms with Crippen molar-refractivity contribution >= 4 is 22.9 Å². The molecule has 1 aromatic heterocycles. The molecule has 0 aliphatic carbocycles. The van der Waals surface area contributed by atoms with E-state index >= 15 is 0 Å². The second-order valence-electron chi connectivity index (χ2n) is 4.11. The fraction of sp³-hybridized carbons (Fsp3) is 0.333. The van der Waals surface area contributed by atoms with E-state index in [1.54, 1.807) is 11.3 Å². The summed E-state index contributed by atoms with van der Waals surface area (Å²) in [6.45, 7) is 4.79. The van der Waals surface area contributed by atoms with Crippen LogP contribution in [-0.4, -0.2) is 19.8 Å². The Morgan fingerprint density at radius 2 is 1.85 bits per heavy atom. The number of thiophene rings is 1. The van der Waals surface area contributed by atoms with Gasteiger partial charge in [0.2, 0.25) is 0 Å². The van der Waals surface area contributed by atoms with E-state index in [1.807, 2.05) is 43.3 Å². The molecular formula is C15H18ClNO2S. The van der Waals surface area contributed by atoms with Crippen molar-refractivity contribution in [3.63, 3.8) is 0 Å². The molecule has 3 nitrogen and oxygen atoms in total. The van der Waals surface area contributed by atoms with Crippen molar-refractivity contribution in [1.29, 1.82) is 0 Å². The van der Waals surface area contributed by atoms with Crippen LogP contribution in [0.15, 0.2) is 36.4 Å². The first-order chi connectivity index (χ1) is 9.79. The normalized spacial score (nSPS) is 10.5. The van der Waals surface area contributed by atoms with Crippen molar-refractivity contribution in [3.8, 4) is 11.5 Å². The van der Waals surface area contributed by atoms with Gasteiger partial charge in [-0.25, -0.2) is 0 Å². The molecule has 2 aromatic rings. The van der Waals surface area contributed by atoms with Crippen LogP contribution in [0.1, 0.15) is 11.8 Å². The molecule has 1 N–H and O–H groups in total. The quantitative estimate of drug-likeness (QED) is 0.748. The van der Waals surface area contributed by atoms with Crippen LogP contribution in [0.25, 0.3) is 0 Å². The molecule has 0 radical (unpaired) electrons. The monoisotopic (exact) mass is 311 g/mol. The summed E-state index contributed by atoms with van der Waals surface area (Å²) in [6.07, 6.45) is 0. The average Bonchev–Trinajstić information content (AvgIpc) is 2.86. The third-order valence-electron chi connectivity index (χ3n) is 2.61. The van der Waals surface area contributed by atoms with Gasteiger partial charge >= 0.3 is 0 Å². The molecule has 0 spiro atoms. The number of para-hydroxylation sites is 2. The highest BCUT2D eigenvalue weighted by Crippen LogP contribution is 2.26. The van der Waals surface area contributed by atoms with Crippen molar-refractivity contribution in [2.45, 2.75) is 13.5 Å². The predicted molar refractivity (Wildman–Crippen MR) is 84.1 cm³/mol. The minimum absolute atomic E-state index is 0.600. The highest BCUT2D eigenvalue weighted by Gasteiger charge is 2.03. The van der Waals surface area contributed by atoms with Crippen molar-refractivity contribution in [2.24, 2.45) is 0 Å². The topological polar surface area (TPSA) is 30.5 Å². The fourth-order valence-electron chi connectivity index (χ4n) is 1.74. The number of halogens is 1. The maximum Gasteiger partial charge on any atom is 0.161 e. The molecule has 1 heterocycles. The zero-order valence-electron chi connectivity index (χ0n) is 11.4. The summed E-state index contributed by atoms with van der Waals surface area (Å²) in [5.41, 5.74) is 0. The SMILES string of the molecule is CCOc1ccccc1OCCNCc1ccc(Cl)s1. The maximum absolute atomic E-state index is 5.88. The van der Waals surface area contributed by atoms with Gasteiger partial charge in [0, 0.05) is 18.0 Å². The smallest absolute Gasteiger partial charge is 0.161 e. The van der Waals surface area contributed by atoms with Gasteiger partial charge in [-0.15, -0.1) is 11.3 Å². The molecule has 0 saturated carbocycles. The minimum atomic E-state index is 0.600. The van der Waals surface area contributed by atoms with Crippen molar-refractivity contribution in [1.82, 2.24) is 5.32 Å². The number of hydrogen-bond donors (Lipinski definition) is 1. The molecule has 0 bridgehead atoms. The van der Waals surface area contributed by atoms with Gasteiger partial charge in [-0.2, -0.15) is 0 Å². The number of hydrogen-bond acceptors (Lipinski definition) is 4. The van der Waals surface area contributed by atoms with E-state index in [4.69, 9.17) is 21.1 Å². The zero-order chi connectivity index (χ0) is 14.2. The molecule has 0 aliphatic rings. The second-order valence-corrected chi connectivity index (χ2v) is 5.91. The van der Waals surface area contributed by atoms with Crippen LogP contribution in [0.4, 0.5) is 0 Å². The maximum atomic E-state index is 5.88. The van der Waals surface area contributed by atoms with E-state index in [0.717, 1.165) is 28.9 Å². The lowest BCUT2D eigenvalue weighted by Gasteiger charge is -2.11. The van der Waals surface area contributed by atoms with Crippen molar-refractivity contribution < 1.29 is 9.47 Å². The molecule has 0 unspecified atom stereocenters. The molecule has 1 aromatic carbocycles. The highest BCUT2D eigenvalue weighted by molar-refractivity contribution is 7.16. The van der Waals surface area contributed by atoms with Crippen LogP contribution < -0.4 is 14.8 Å². The van der Waals surface area contributed by atoms with Crippen molar-refractivity contribution in [2.75, 3.05) is 19.8 Å². The lowest BCUT2D eigenvalue weighted by atomic mass is 10.3. The van der Waals surface area contributed by atoms with Crippen LogP contribution in [0.3, 0.4) is 0 Å². The van der Waals surface area contributed by atoms with Crippen molar-refractivity contribution in [3.05, 3.63) is 45.6 Å². The molecule has 5 heteroatoms. The molecule has 0 fully saturated rings. The zero-order valence-corrected chi connectivity index (χ0v) is 13.0. The molecule has 0 amide bonds. The van der Waals surface area contributed by atoms with Gasteiger partial charge in [-0.05, 0) is 31.2 Å². The van der Waals surface area contributed by atoms with Gasteiger partial charge in [0.1, 0.15) is 6.61 Å². The summed E-state index contributed by atoms with van der Waals surface area (Å²) >= 11 is 7.47. The Kier molecular flexibility index (Phi) is 6.18. The Morgan fingerprint density at radius 1 is 1.10 bits per heavy atom. The first-order valence-electron chi connectivity index (χ1n) is 6.59. The van der Waals surface area contributed by atoms with E-state index in [-0.39, 0.29) is 0 Å². The lowest BCUT2D eigenvalue weighted by Crippen LogP contribution is -2.20. The molecular weight excluding hydrogens is 294 g/mol. The van der Waals surface area contributed by atoms with Gasteiger partial charge < -0.3 is 14.8 Å². The summed E-state index contributed by atoms with van der Waals surface area (Å²) < 4.78 is 12.1. The van der Waals surface area contributed by atoms with Gasteiger partial charge in [0.25, 0.3) is 0 Å². The van der Waals surface area contributed by atoms with Gasteiger partial charge in [-0.3, -0.25) is 0 Å². The summed E-state index contributed by atoms with van der Waals surface area (Å²) in [5, 5.41) is 3.32. The average molecular weight is 312 g/mol. The first kappa shape index (κ1) is 15.2. The van der Waals surface area contributed by atoms with E-state index in [9.17, 15) is 0 Å². The summed E-state index contributed by atoms with van der Waals surface area (Å²) in [4.78, 5) is 1.23. The van der Waals surface area contributed by atoms with Crippen LogP contribution in [0.2, 0.25) is 4.34 Å². The second kappa shape index (κ2) is 8.15. The Hall–Kier alpha value is -1.23. The Bertz CT molecular complexity index is 530. The molecule has 0 saturated heterocycles. The van der Waals surface area contributed by atoms with Gasteiger partial charge in [-0.1, -0.05) is 23.7 Å². The number of rotatable bonds is 8. The Labute approximate surface area is 128 Å². The fourth-order valence-corrected chi connectivity index (χ4v) is 2.79. The third kappa shape index (κ3) is 4.71. The first-order valence-corrected chi connectivity index (χ1v) is 7.78. The van der Waals surface area contributed by atoms with Crippen LogP contribution in [-0.2, 0) is 6.54 Å². The molecule has 0 aliphatic heterocycles. The number of nitrogens with one attached hydrogen (secondary N) is 1. The lowest BCUT2D eigenvalue weighted by molar-refractivity contribution is 0.276. The Balaban J connectivity index is 1.70. The molecule has 20 heavy (non-hydrogen) atoms. The third-order valence-corrected chi connectivity index (χ3v) is 3.84. The summed E-state index contributed by atoms with van der Waals surface area (Å²) in [7, 11) is 0. The highest BCUT2D eigenvalue weighted by atomic mass is 35.5. The number of benzene rings is 1. The van der Waals surface area contributed by atoms with Crippen LogP contribution in [0.5, 0.6) is 11.5 Å². The predicted octanol–water partition coefficient (Wildman–Crippen LogP) is 3.97. The van der Waals surface area contributed by atoms with Crippen LogP contribution >= 0.6 is 22.9 Å². The molecule has 0 atom stereocenters.